The van der Waals surface area contributed by atoms with Crippen molar-refractivity contribution in [2.24, 2.45) is 11.8 Å². The lowest BCUT2D eigenvalue weighted by molar-refractivity contribution is -0.163. The molecule has 120 valence electrons. The largest absolute Gasteiger partial charge is 0.467 e. The molecule has 1 aromatic carbocycles. The van der Waals surface area contributed by atoms with Crippen LogP contribution in [-0.2, 0) is 25.6 Å². The van der Waals surface area contributed by atoms with E-state index in [-0.39, 0.29) is 23.9 Å². The molecule has 0 radical (unpaired) electrons. The van der Waals surface area contributed by atoms with E-state index in [0.717, 1.165) is 5.56 Å². The molecule has 4 nitrogen and oxygen atoms in total. The van der Waals surface area contributed by atoms with Crippen LogP contribution in [0.1, 0.15) is 19.4 Å². The Balaban J connectivity index is 1.83. The van der Waals surface area contributed by atoms with Gasteiger partial charge in [-0.1, -0.05) is 56.3 Å². The lowest BCUT2D eigenvalue weighted by Gasteiger charge is -2.31. The highest BCUT2D eigenvalue weighted by Crippen LogP contribution is 2.24. The molecule has 1 aromatic rings. The summed E-state index contributed by atoms with van der Waals surface area (Å²) in [4.78, 5) is 11.7. The summed E-state index contributed by atoms with van der Waals surface area (Å²) in [5.41, 5.74) is 1.15. The Hall–Kier alpha value is -1.65. The van der Waals surface area contributed by atoms with Crippen LogP contribution in [0.15, 0.2) is 42.5 Å². The second-order valence-corrected chi connectivity index (χ2v) is 5.77. The Bertz CT molecular complexity index is 497. The maximum atomic E-state index is 11.7. The molecule has 4 heteroatoms. The minimum Gasteiger partial charge on any atom is -0.467 e. The summed E-state index contributed by atoms with van der Waals surface area (Å²) in [6, 6.07) is 10.1. The van der Waals surface area contributed by atoms with Gasteiger partial charge in [-0.2, -0.15) is 0 Å². The van der Waals surface area contributed by atoms with Crippen LogP contribution in [-0.4, -0.2) is 31.9 Å². The third-order valence-electron chi connectivity index (χ3n) is 3.87. The van der Waals surface area contributed by atoms with Crippen LogP contribution in [0.25, 0.3) is 0 Å². The summed E-state index contributed by atoms with van der Waals surface area (Å²) in [7, 11) is 1.39. The van der Waals surface area contributed by atoms with E-state index in [4.69, 9.17) is 14.2 Å². The molecular weight excluding hydrogens is 280 g/mol. The first-order valence-electron chi connectivity index (χ1n) is 7.65. The molecule has 0 spiro atoms. The van der Waals surface area contributed by atoms with Gasteiger partial charge in [-0.05, 0) is 5.56 Å². The van der Waals surface area contributed by atoms with Gasteiger partial charge in [0, 0.05) is 11.8 Å². The molecule has 0 saturated heterocycles. The molecule has 0 unspecified atom stereocenters. The van der Waals surface area contributed by atoms with Gasteiger partial charge in [0.15, 0.2) is 6.10 Å². The first-order valence-corrected chi connectivity index (χ1v) is 7.65. The van der Waals surface area contributed by atoms with Crippen LogP contribution in [0, 0.1) is 11.8 Å². The molecule has 22 heavy (non-hydrogen) atoms. The summed E-state index contributed by atoms with van der Waals surface area (Å²) < 4.78 is 16.4. The van der Waals surface area contributed by atoms with Crippen molar-refractivity contribution in [3.63, 3.8) is 0 Å². The maximum Gasteiger partial charge on any atom is 0.335 e. The average Bonchev–Trinajstić information content (AvgIpc) is 2.55. The smallest absolute Gasteiger partial charge is 0.335 e. The Labute approximate surface area is 132 Å². The van der Waals surface area contributed by atoms with Crippen molar-refractivity contribution in [2.75, 3.05) is 13.7 Å². The highest BCUT2D eigenvalue weighted by atomic mass is 16.6. The average molecular weight is 304 g/mol. The Kier molecular flexibility index (Phi) is 6.16. The number of carbonyl (C=O) groups is 1. The molecule has 0 aromatic heterocycles. The number of esters is 1. The first-order chi connectivity index (χ1) is 10.6. The minimum atomic E-state index is -0.531. The number of methoxy groups -OCH3 is 1. The molecule has 4 atom stereocenters. The second kappa shape index (κ2) is 8.11. The summed E-state index contributed by atoms with van der Waals surface area (Å²) in [5, 5.41) is 0. The molecule has 0 amide bonds. The van der Waals surface area contributed by atoms with Crippen LogP contribution in [0.5, 0.6) is 0 Å². The molecule has 1 heterocycles. The lowest BCUT2D eigenvalue weighted by atomic mass is 9.95. The van der Waals surface area contributed by atoms with Gasteiger partial charge in [0.1, 0.15) is 0 Å². The Morgan fingerprint density at radius 3 is 2.68 bits per heavy atom. The van der Waals surface area contributed by atoms with Gasteiger partial charge in [-0.25, -0.2) is 4.79 Å². The summed E-state index contributed by atoms with van der Waals surface area (Å²) >= 11 is 0. The van der Waals surface area contributed by atoms with Crippen molar-refractivity contribution in [2.45, 2.75) is 32.7 Å². The summed E-state index contributed by atoms with van der Waals surface area (Å²) in [6.45, 7) is 5.17. The van der Waals surface area contributed by atoms with E-state index in [9.17, 15) is 4.79 Å². The van der Waals surface area contributed by atoms with Crippen LogP contribution >= 0.6 is 0 Å². The fraction of sp³-hybridized carbons (Fsp3) is 0.500. The van der Waals surface area contributed by atoms with Crippen LogP contribution in [0.2, 0.25) is 0 Å². The van der Waals surface area contributed by atoms with Gasteiger partial charge in [-0.3, -0.25) is 0 Å². The fourth-order valence-electron chi connectivity index (χ4n) is 2.47. The van der Waals surface area contributed by atoms with Gasteiger partial charge in [-0.15, -0.1) is 0 Å². The molecule has 0 aliphatic carbocycles. The topological polar surface area (TPSA) is 44.8 Å². The van der Waals surface area contributed by atoms with E-state index in [1.165, 1.54) is 7.11 Å². The van der Waals surface area contributed by atoms with E-state index in [2.05, 4.69) is 6.92 Å². The number of carbonyl (C=O) groups excluding carboxylic acids is 1. The van der Waals surface area contributed by atoms with Gasteiger partial charge in [0.2, 0.25) is 0 Å². The minimum absolute atomic E-state index is 0.0288. The molecule has 2 rings (SSSR count). The van der Waals surface area contributed by atoms with Crippen molar-refractivity contribution in [1.29, 1.82) is 0 Å². The van der Waals surface area contributed by atoms with E-state index < -0.39 is 6.10 Å². The van der Waals surface area contributed by atoms with Gasteiger partial charge < -0.3 is 14.2 Å². The summed E-state index contributed by atoms with van der Waals surface area (Å²) in [6.07, 6.45) is 3.37. The second-order valence-electron chi connectivity index (χ2n) is 5.77. The normalized spacial score (nSPS) is 25.7. The zero-order valence-corrected chi connectivity index (χ0v) is 13.4. The number of ether oxygens (including phenoxy) is 3. The Morgan fingerprint density at radius 1 is 1.27 bits per heavy atom. The van der Waals surface area contributed by atoms with Gasteiger partial charge in [0.05, 0.1) is 26.4 Å². The first kappa shape index (κ1) is 16.7. The Morgan fingerprint density at radius 2 is 2.00 bits per heavy atom. The standard InChI is InChI=1S/C18H24O4/c1-13-9-10-16(22-17(13)18(19)20-3)14(2)11-21-12-15-7-5-4-6-8-15/h4-10,13-14,16-17H,11-12H2,1-3H3/t13-,14+,16-,17-/m0/s1. The highest BCUT2D eigenvalue weighted by Gasteiger charge is 2.33. The van der Waals surface area contributed by atoms with E-state index >= 15 is 0 Å². The van der Waals surface area contributed by atoms with Crippen molar-refractivity contribution in [3.8, 4) is 0 Å². The third kappa shape index (κ3) is 4.42. The van der Waals surface area contributed by atoms with Crippen molar-refractivity contribution >= 4 is 5.97 Å². The maximum absolute atomic E-state index is 11.7. The predicted octanol–water partition coefficient (Wildman–Crippen LogP) is 2.97. The quantitative estimate of drug-likeness (QED) is 0.599. The van der Waals surface area contributed by atoms with E-state index in [0.29, 0.717) is 13.2 Å². The van der Waals surface area contributed by atoms with Crippen molar-refractivity contribution in [1.82, 2.24) is 0 Å². The van der Waals surface area contributed by atoms with Gasteiger partial charge >= 0.3 is 5.97 Å². The number of hydrogen-bond donors (Lipinski definition) is 0. The third-order valence-corrected chi connectivity index (χ3v) is 3.87. The molecule has 1 aliphatic rings. The zero-order chi connectivity index (χ0) is 15.9. The van der Waals surface area contributed by atoms with Crippen molar-refractivity contribution in [3.05, 3.63) is 48.0 Å². The molecule has 0 fully saturated rings. The van der Waals surface area contributed by atoms with Crippen molar-refractivity contribution < 1.29 is 19.0 Å². The van der Waals surface area contributed by atoms with Crippen LogP contribution < -0.4 is 0 Å². The van der Waals surface area contributed by atoms with Crippen LogP contribution in [0.4, 0.5) is 0 Å². The SMILES string of the molecule is COC(=O)[C@H]1O[C@H]([C@H](C)COCc2ccccc2)C=C[C@@H]1C. The summed E-state index contributed by atoms with van der Waals surface area (Å²) in [5.74, 6) is -0.125. The monoisotopic (exact) mass is 304 g/mol. The number of rotatable bonds is 6. The lowest BCUT2D eigenvalue weighted by Crippen LogP contribution is -2.40. The molecule has 0 bridgehead atoms. The number of benzene rings is 1. The van der Waals surface area contributed by atoms with E-state index in [1.54, 1.807) is 0 Å². The molecule has 1 aliphatic heterocycles. The fourth-order valence-corrected chi connectivity index (χ4v) is 2.47. The predicted molar refractivity (Wildman–Crippen MR) is 84.2 cm³/mol. The van der Waals surface area contributed by atoms with E-state index in [1.807, 2.05) is 49.4 Å². The molecule has 0 saturated carbocycles. The molecule has 0 N–H and O–H groups in total. The van der Waals surface area contributed by atoms with Gasteiger partial charge in [0.25, 0.3) is 0 Å². The highest BCUT2D eigenvalue weighted by molar-refractivity contribution is 5.75. The molecular formula is C18H24O4. The number of hydrogen-bond acceptors (Lipinski definition) is 4. The van der Waals surface area contributed by atoms with Crippen LogP contribution in [0.3, 0.4) is 0 Å². The zero-order valence-electron chi connectivity index (χ0n) is 13.4.